The van der Waals surface area contributed by atoms with Crippen molar-refractivity contribution in [2.75, 3.05) is 6.61 Å². The van der Waals surface area contributed by atoms with E-state index in [-0.39, 0.29) is 0 Å². The lowest BCUT2D eigenvalue weighted by atomic mass is 9.98. The molecule has 0 spiro atoms. The molecule has 0 aromatic heterocycles. The SMILES string of the molecule is ClCc1cccc2c1CCOC2. The Hall–Kier alpha value is -0.530. The zero-order valence-corrected chi connectivity index (χ0v) is 7.60. The molecule has 0 saturated carbocycles. The first-order chi connectivity index (χ1) is 5.92. The molecule has 0 saturated heterocycles. The summed E-state index contributed by atoms with van der Waals surface area (Å²) in [7, 11) is 0. The molecule has 1 nitrogen and oxygen atoms in total. The van der Waals surface area contributed by atoms with Gasteiger partial charge in [0.2, 0.25) is 0 Å². The fourth-order valence-electron chi connectivity index (χ4n) is 1.63. The third kappa shape index (κ3) is 1.35. The van der Waals surface area contributed by atoms with Crippen molar-refractivity contribution in [2.45, 2.75) is 18.9 Å². The van der Waals surface area contributed by atoms with Gasteiger partial charge >= 0.3 is 0 Å². The van der Waals surface area contributed by atoms with E-state index in [1.807, 2.05) is 6.07 Å². The molecule has 1 aliphatic heterocycles. The van der Waals surface area contributed by atoms with Crippen molar-refractivity contribution in [3.05, 3.63) is 34.9 Å². The van der Waals surface area contributed by atoms with Crippen LogP contribution < -0.4 is 0 Å². The molecule has 0 unspecified atom stereocenters. The lowest BCUT2D eigenvalue weighted by Gasteiger charge is -2.18. The number of benzene rings is 1. The summed E-state index contributed by atoms with van der Waals surface area (Å²) < 4.78 is 5.35. The predicted octanol–water partition coefficient (Wildman–Crippen LogP) is 2.50. The molecule has 0 aliphatic carbocycles. The number of fused-ring (bicyclic) bond motifs is 1. The van der Waals surface area contributed by atoms with Crippen molar-refractivity contribution < 1.29 is 4.74 Å². The summed E-state index contributed by atoms with van der Waals surface area (Å²) >= 11 is 5.82. The minimum absolute atomic E-state index is 0.614. The molecule has 1 aromatic carbocycles. The smallest absolute Gasteiger partial charge is 0.0719 e. The van der Waals surface area contributed by atoms with Gasteiger partial charge in [-0.1, -0.05) is 18.2 Å². The highest BCUT2D eigenvalue weighted by atomic mass is 35.5. The standard InChI is InChI=1S/C10H11ClO/c11-6-8-2-1-3-9-7-12-5-4-10(8)9/h1-3H,4-7H2. The first-order valence-corrected chi connectivity index (χ1v) is 4.68. The Labute approximate surface area is 77.3 Å². The molecule has 0 fully saturated rings. The van der Waals surface area contributed by atoms with Crippen molar-refractivity contribution in [3.8, 4) is 0 Å². The van der Waals surface area contributed by atoms with Crippen molar-refractivity contribution >= 4 is 11.6 Å². The van der Waals surface area contributed by atoms with E-state index in [0.29, 0.717) is 5.88 Å². The topological polar surface area (TPSA) is 9.23 Å². The summed E-state index contributed by atoms with van der Waals surface area (Å²) in [5.41, 5.74) is 3.97. The maximum Gasteiger partial charge on any atom is 0.0719 e. The van der Waals surface area contributed by atoms with E-state index in [1.54, 1.807) is 0 Å². The van der Waals surface area contributed by atoms with E-state index in [1.165, 1.54) is 16.7 Å². The normalized spacial score (nSPS) is 15.8. The summed E-state index contributed by atoms with van der Waals surface area (Å²) in [6, 6.07) is 6.26. The highest BCUT2D eigenvalue weighted by Crippen LogP contribution is 2.21. The monoisotopic (exact) mass is 182 g/mol. The quantitative estimate of drug-likeness (QED) is 0.607. The molecule has 0 atom stereocenters. The van der Waals surface area contributed by atoms with Crippen LogP contribution in [0.25, 0.3) is 0 Å². The summed E-state index contributed by atoms with van der Waals surface area (Å²) in [6.45, 7) is 1.58. The molecule has 0 bridgehead atoms. The van der Waals surface area contributed by atoms with Gasteiger partial charge in [0, 0.05) is 5.88 Å². The van der Waals surface area contributed by atoms with E-state index in [9.17, 15) is 0 Å². The molecule has 0 N–H and O–H groups in total. The van der Waals surface area contributed by atoms with Gasteiger partial charge in [-0.25, -0.2) is 0 Å². The van der Waals surface area contributed by atoms with E-state index in [4.69, 9.17) is 16.3 Å². The summed E-state index contributed by atoms with van der Waals surface area (Å²) in [5, 5.41) is 0. The highest BCUT2D eigenvalue weighted by molar-refractivity contribution is 6.17. The molecular weight excluding hydrogens is 172 g/mol. The molecule has 12 heavy (non-hydrogen) atoms. The first kappa shape index (κ1) is 8.09. The molecular formula is C10H11ClO. The van der Waals surface area contributed by atoms with Crippen LogP contribution in [-0.2, 0) is 23.6 Å². The third-order valence-electron chi connectivity index (χ3n) is 2.27. The second-order valence-corrected chi connectivity index (χ2v) is 3.26. The summed E-state index contributed by atoms with van der Waals surface area (Å²) in [5.74, 6) is 0.614. The second-order valence-electron chi connectivity index (χ2n) is 2.99. The fraction of sp³-hybridized carbons (Fsp3) is 0.400. The lowest BCUT2D eigenvalue weighted by molar-refractivity contribution is 0.110. The average Bonchev–Trinajstić information content (AvgIpc) is 2.17. The summed E-state index contributed by atoms with van der Waals surface area (Å²) in [6.07, 6.45) is 1.01. The second kappa shape index (κ2) is 3.46. The Morgan fingerprint density at radius 1 is 1.42 bits per heavy atom. The lowest BCUT2D eigenvalue weighted by Crippen LogP contribution is -2.11. The molecule has 1 aromatic rings. The molecule has 1 aliphatic rings. The van der Waals surface area contributed by atoms with Crippen LogP contribution in [0.15, 0.2) is 18.2 Å². The predicted molar refractivity (Wildman–Crippen MR) is 49.4 cm³/mol. The van der Waals surface area contributed by atoms with E-state index in [2.05, 4.69) is 12.1 Å². The van der Waals surface area contributed by atoms with E-state index in [0.717, 1.165) is 19.6 Å². The van der Waals surface area contributed by atoms with Gasteiger partial charge in [-0.3, -0.25) is 0 Å². The number of hydrogen-bond donors (Lipinski definition) is 0. The van der Waals surface area contributed by atoms with Gasteiger partial charge in [-0.15, -0.1) is 11.6 Å². The van der Waals surface area contributed by atoms with Gasteiger partial charge in [0.15, 0.2) is 0 Å². The Kier molecular flexibility index (Phi) is 2.33. The van der Waals surface area contributed by atoms with Crippen molar-refractivity contribution in [3.63, 3.8) is 0 Å². The average molecular weight is 183 g/mol. The van der Waals surface area contributed by atoms with Gasteiger partial charge < -0.3 is 4.74 Å². The maximum absolute atomic E-state index is 5.82. The Morgan fingerprint density at radius 3 is 3.17 bits per heavy atom. The molecule has 2 heteroatoms. The Balaban J connectivity index is 2.44. The van der Waals surface area contributed by atoms with Crippen LogP contribution in [0, 0.1) is 0 Å². The number of alkyl halides is 1. The molecule has 2 rings (SSSR count). The third-order valence-corrected chi connectivity index (χ3v) is 2.56. The van der Waals surface area contributed by atoms with Crippen molar-refractivity contribution in [1.29, 1.82) is 0 Å². The van der Waals surface area contributed by atoms with Gasteiger partial charge in [0.25, 0.3) is 0 Å². The number of hydrogen-bond acceptors (Lipinski definition) is 1. The first-order valence-electron chi connectivity index (χ1n) is 4.15. The molecule has 0 radical (unpaired) electrons. The van der Waals surface area contributed by atoms with Gasteiger partial charge in [0.05, 0.1) is 13.2 Å². The Morgan fingerprint density at radius 2 is 2.33 bits per heavy atom. The van der Waals surface area contributed by atoms with Crippen molar-refractivity contribution in [1.82, 2.24) is 0 Å². The summed E-state index contributed by atoms with van der Waals surface area (Å²) in [4.78, 5) is 0. The zero-order valence-electron chi connectivity index (χ0n) is 6.85. The van der Waals surface area contributed by atoms with Crippen LogP contribution >= 0.6 is 11.6 Å². The fourth-order valence-corrected chi connectivity index (χ4v) is 1.88. The van der Waals surface area contributed by atoms with Gasteiger partial charge in [-0.2, -0.15) is 0 Å². The van der Waals surface area contributed by atoms with Crippen LogP contribution in [0.4, 0.5) is 0 Å². The van der Waals surface area contributed by atoms with Gasteiger partial charge in [0.1, 0.15) is 0 Å². The number of ether oxygens (including phenoxy) is 1. The van der Waals surface area contributed by atoms with Crippen LogP contribution in [0.2, 0.25) is 0 Å². The maximum atomic E-state index is 5.82. The van der Waals surface area contributed by atoms with Crippen LogP contribution in [0.1, 0.15) is 16.7 Å². The highest BCUT2D eigenvalue weighted by Gasteiger charge is 2.11. The van der Waals surface area contributed by atoms with Crippen molar-refractivity contribution in [2.24, 2.45) is 0 Å². The van der Waals surface area contributed by atoms with E-state index < -0.39 is 0 Å². The van der Waals surface area contributed by atoms with Crippen LogP contribution in [-0.4, -0.2) is 6.61 Å². The van der Waals surface area contributed by atoms with Gasteiger partial charge in [-0.05, 0) is 23.1 Å². The van der Waals surface area contributed by atoms with E-state index >= 15 is 0 Å². The number of halogens is 1. The molecule has 64 valence electrons. The minimum Gasteiger partial charge on any atom is -0.376 e. The molecule has 0 amide bonds. The molecule has 1 heterocycles. The Bertz CT molecular complexity index is 269. The largest absolute Gasteiger partial charge is 0.376 e. The minimum atomic E-state index is 0.614. The zero-order chi connectivity index (χ0) is 8.39. The van der Waals surface area contributed by atoms with Crippen LogP contribution in [0.3, 0.4) is 0 Å². The van der Waals surface area contributed by atoms with Crippen LogP contribution in [0.5, 0.6) is 0 Å². The number of rotatable bonds is 1.